The topological polar surface area (TPSA) is 40.5 Å². The van der Waals surface area contributed by atoms with Crippen molar-refractivity contribution < 1.29 is 14.3 Å². The van der Waals surface area contributed by atoms with Crippen LogP contribution in [0.25, 0.3) is 10.9 Å². The minimum atomic E-state index is -0.230. The lowest BCUT2D eigenvalue weighted by Gasteiger charge is -2.23. The molecule has 0 aliphatic heterocycles. The summed E-state index contributed by atoms with van der Waals surface area (Å²) < 4.78 is 13.7. The van der Waals surface area contributed by atoms with E-state index in [1.54, 1.807) is 7.11 Å². The zero-order chi connectivity index (χ0) is 22.3. The number of hydrogen-bond donors (Lipinski definition) is 0. The molecule has 0 saturated heterocycles. The van der Waals surface area contributed by atoms with Gasteiger partial charge in [-0.05, 0) is 49.2 Å². The molecule has 5 nitrogen and oxygen atoms in total. The van der Waals surface area contributed by atoms with Gasteiger partial charge in [0.05, 0.1) is 40.4 Å². The van der Waals surface area contributed by atoms with Crippen LogP contribution in [0.4, 0.5) is 5.69 Å². The third kappa shape index (κ3) is 6.34. The minimum absolute atomic E-state index is 0.230. The molecule has 0 atom stereocenters. The molecule has 2 aromatic carbocycles. The van der Waals surface area contributed by atoms with Crippen LogP contribution < -0.4 is 9.22 Å². The van der Waals surface area contributed by atoms with E-state index >= 15 is 0 Å². The Labute approximate surface area is 185 Å². The molecule has 31 heavy (non-hydrogen) atoms. The monoisotopic (exact) mass is 423 g/mol. The minimum Gasteiger partial charge on any atom is -0.497 e. The number of fused-ring (bicyclic) bond motifs is 1. The predicted octanol–water partition coefficient (Wildman–Crippen LogP) is 5.65. The number of unbranched alkanes of at least 4 members (excludes halogenated alkanes) is 4. The normalized spacial score (nSPS) is 11.6. The van der Waals surface area contributed by atoms with Crippen molar-refractivity contribution in [1.29, 1.82) is 0 Å². The summed E-state index contributed by atoms with van der Waals surface area (Å²) in [6, 6.07) is 16.0. The lowest BCUT2D eigenvalue weighted by atomic mass is 10.1. The molecule has 0 aliphatic rings. The van der Waals surface area contributed by atoms with Crippen LogP contribution in [0.3, 0.4) is 0 Å². The van der Waals surface area contributed by atoms with Crippen LogP contribution in [-0.4, -0.2) is 45.4 Å². The lowest BCUT2D eigenvalue weighted by Crippen LogP contribution is -2.34. The standard InChI is InChI=1S/C26H35N2O3/c1-28(2,3)23-12-10-11-22(19-23)26(29)31-18-9-7-5-6-8-16-27-17-15-21-20-24(30-4)13-14-25(21)27/h10-15,17,19-20H,5-9,16,18H2,1-4H3/q+1. The van der Waals surface area contributed by atoms with Gasteiger partial charge in [-0.1, -0.05) is 25.3 Å². The fourth-order valence-electron chi connectivity index (χ4n) is 3.71. The van der Waals surface area contributed by atoms with E-state index in [9.17, 15) is 4.79 Å². The number of rotatable bonds is 11. The first-order valence-electron chi connectivity index (χ1n) is 11.1. The average Bonchev–Trinajstić information content (AvgIpc) is 3.17. The van der Waals surface area contributed by atoms with Crippen molar-refractivity contribution in [1.82, 2.24) is 9.05 Å². The second-order valence-corrected chi connectivity index (χ2v) is 8.90. The van der Waals surface area contributed by atoms with Crippen LogP contribution in [0, 0.1) is 0 Å². The van der Waals surface area contributed by atoms with Crippen molar-refractivity contribution in [3.05, 3.63) is 60.3 Å². The summed E-state index contributed by atoms with van der Waals surface area (Å²) in [5, 5.41) is 1.22. The molecular weight excluding hydrogens is 388 g/mol. The van der Waals surface area contributed by atoms with Crippen molar-refractivity contribution in [3.63, 3.8) is 0 Å². The third-order valence-corrected chi connectivity index (χ3v) is 5.61. The first kappa shape index (κ1) is 22.9. The first-order valence-corrected chi connectivity index (χ1v) is 11.1. The molecule has 0 amide bonds. The first-order chi connectivity index (χ1) is 14.9. The number of methoxy groups -OCH3 is 1. The van der Waals surface area contributed by atoms with Crippen molar-refractivity contribution in [2.24, 2.45) is 0 Å². The zero-order valence-corrected chi connectivity index (χ0v) is 19.3. The number of benzene rings is 2. The zero-order valence-electron chi connectivity index (χ0n) is 19.3. The number of hydrogen-bond acceptors (Lipinski definition) is 3. The van der Waals surface area contributed by atoms with E-state index in [1.165, 1.54) is 17.3 Å². The number of carbonyl (C=O) groups is 1. The van der Waals surface area contributed by atoms with Crippen LogP contribution in [0.5, 0.6) is 5.75 Å². The van der Waals surface area contributed by atoms with Crippen LogP contribution in [0.1, 0.15) is 42.5 Å². The van der Waals surface area contributed by atoms with Gasteiger partial charge in [-0.3, -0.25) is 4.48 Å². The number of aryl methyl sites for hydroxylation is 1. The number of carbonyl (C=O) groups excluding carboxylic acids is 1. The highest BCUT2D eigenvalue weighted by Gasteiger charge is 2.15. The van der Waals surface area contributed by atoms with Gasteiger partial charge in [0.15, 0.2) is 0 Å². The highest BCUT2D eigenvalue weighted by Crippen LogP contribution is 2.22. The number of ether oxygens (including phenoxy) is 2. The Bertz CT molecular complexity index is 1000. The molecular formula is C26H35N2O3+. The van der Waals surface area contributed by atoms with Gasteiger partial charge in [0.2, 0.25) is 0 Å². The van der Waals surface area contributed by atoms with Crippen molar-refractivity contribution >= 4 is 22.6 Å². The molecule has 3 aromatic rings. The second kappa shape index (κ2) is 10.5. The van der Waals surface area contributed by atoms with E-state index in [1.807, 2.05) is 30.3 Å². The van der Waals surface area contributed by atoms with Gasteiger partial charge < -0.3 is 14.0 Å². The Morgan fingerprint density at radius 2 is 1.71 bits per heavy atom. The van der Waals surface area contributed by atoms with Gasteiger partial charge in [-0.25, -0.2) is 4.79 Å². The number of quaternary nitrogens is 1. The Morgan fingerprint density at radius 1 is 0.935 bits per heavy atom. The fourth-order valence-corrected chi connectivity index (χ4v) is 3.71. The summed E-state index contributed by atoms with van der Waals surface area (Å²) in [4.78, 5) is 12.3. The maximum atomic E-state index is 12.3. The van der Waals surface area contributed by atoms with Gasteiger partial charge >= 0.3 is 5.97 Å². The summed E-state index contributed by atoms with van der Waals surface area (Å²) in [5.74, 6) is 0.665. The third-order valence-electron chi connectivity index (χ3n) is 5.61. The molecule has 0 aliphatic carbocycles. The summed E-state index contributed by atoms with van der Waals surface area (Å²) >= 11 is 0. The van der Waals surface area contributed by atoms with Gasteiger partial charge in [0, 0.05) is 29.7 Å². The van der Waals surface area contributed by atoms with E-state index in [4.69, 9.17) is 9.47 Å². The van der Waals surface area contributed by atoms with E-state index < -0.39 is 0 Å². The predicted molar refractivity (Wildman–Crippen MR) is 128 cm³/mol. The molecule has 0 unspecified atom stereocenters. The van der Waals surface area contributed by atoms with E-state index in [0.29, 0.717) is 16.7 Å². The summed E-state index contributed by atoms with van der Waals surface area (Å²) in [6.45, 7) is 1.50. The Morgan fingerprint density at radius 3 is 2.48 bits per heavy atom. The molecule has 0 saturated carbocycles. The van der Waals surface area contributed by atoms with Gasteiger partial charge in [-0.15, -0.1) is 0 Å². The van der Waals surface area contributed by atoms with E-state index in [0.717, 1.165) is 43.7 Å². The number of aromatic nitrogens is 1. The van der Waals surface area contributed by atoms with Crippen LogP contribution in [-0.2, 0) is 11.3 Å². The summed E-state index contributed by atoms with van der Waals surface area (Å²) in [7, 11) is 7.95. The fraction of sp³-hybridized carbons (Fsp3) is 0.423. The molecule has 0 spiro atoms. The quantitative estimate of drug-likeness (QED) is 0.227. The van der Waals surface area contributed by atoms with E-state index in [2.05, 4.69) is 50.1 Å². The van der Waals surface area contributed by atoms with Crippen molar-refractivity contribution in [3.8, 4) is 5.75 Å². The molecule has 0 fully saturated rings. The Kier molecular flexibility index (Phi) is 7.75. The summed E-state index contributed by atoms with van der Waals surface area (Å²) in [6.07, 6.45) is 7.62. The number of esters is 1. The maximum Gasteiger partial charge on any atom is 0.338 e. The van der Waals surface area contributed by atoms with Gasteiger partial charge in [0.1, 0.15) is 11.4 Å². The highest BCUT2D eigenvalue weighted by atomic mass is 16.5. The summed E-state index contributed by atoms with van der Waals surface area (Å²) in [5.41, 5.74) is 2.97. The Hall–Kier alpha value is -2.79. The largest absolute Gasteiger partial charge is 0.497 e. The molecule has 0 bridgehead atoms. The lowest BCUT2D eigenvalue weighted by molar-refractivity contribution is 0.0497. The molecule has 0 radical (unpaired) electrons. The van der Waals surface area contributed by atoms with Crippen LogP contribution in [0.15, 0.2) is 54.7 Å². The van der Waals surface area contributed by atoms with Crippen molar-refractivity contribution in [2.75, 3.05) is 34.9 Å². The molecule has 3 rings (SSSR count). The average molecular weight is 424 g/mol. The smallest absolute Gasteiger partial charge is 0.338 e. The molecule has 1 aromatic heterocycles. The van der Waals surface area contributed by atoms with Gasteiger partial charge in [-0.2, -0.15) is 0 Å². The number of nitrogens with zero attached hydrogens (tertiary/aromatic N) is 2. The van der Waals surface area contributed by atoms with Gasteiger partial charge in [0.25, 0.3) is 0 Å². The van der Waals surface area contributed by atoms with E-state index in [-0.39, 0.29) is 5.97 Å². The van der Waals surface area contributed by atoms with Crippen molar-refractivity contribution in [2.45, 2.75) is 38.6 Å². The molecule has 166 valence electrons. The maximum absolute atomic E-state index is 12.3. The molecule has 0 N–H and O–H groups in total. The SMILES string of the molecule is COc1ccc2c(ccn2CCCCCCCOC(=O)c2cccc([N+](C)(C)C)c2)c1. The highest BCUT2D eigenvalue weighted by molar-refractivity contribution is 5.90. The van der Waals surface area contributed by atoms with Crippen LogP contribution in [0.2, 0.25) is 0 Å². The molecule has 5 heteroatoms. The Balaban J connectivity index is 1.32. The second-order valence-electron chi connectivity index (χ2n) is 8.90. The molecule has 1 heterocycles. The van der Waals surface area contributed by atoms with Crippen LogP contribution >= 0.6 is 0 Å².